The van der Waals surface area contributed by atoms with Crippen LogP contribution in [-0.2, 0) is 12.1 Å². The van der Waals surface area contributed by atoms with Gasteiger partial charge in [0, 0.05) is 32.7 Å². The first-order valence-electron chi connectivity index (χ1n) is 12.1. The van der Waals surface area contributed by atoms with Gasteiger partial charge in [-0.05, 0) is 60.9 Å². The molecule has 0 N–H and O–H groups in total. The number of hydrogen-bond acceptors (Lipinski definition) is 7. The third kappa shape index (κ3) is 4.52. The fourth-order valence-electron chi connectivity index (χ4n) is 4.69. The van der Waals surface area contributed by atoms with Crippen LogP contribution < -0.4 is 9.47 Å². The highest BCUT2D eigenvalue weighted by Gasteiger charge is 2.34. The molecular weight excluding hydrogens is 428 g/mol. The molecule has 1 saturated heterocycles. The smallest absolute Gasteiger partial charge is 0.231 e. The summed E-state index contributed by atoms with van der Waals surface area (Å²) in [7, 11) is 0. The van der Waals surface area contributed by atoms with Crippen molar-refractivity contribution in [1.29, 1.82) is 0 Å². The Morgan fingerprint density at radius 3 is 2.44 bits per heavy atom. The van der Waals surface area contributed by atoms with Crippen LogP contribution in [0.15, 0.2) is 42.5 Å². The average molecular weight is 463 g/mol. The van der Waals surface area contributed by atoms with Crippen LogP contribution >= 0.6 is 0 Å². The Morgan fingerprint density at radius 1 is 0.971 bits per heavy atom. The fourth-order valence-corrected chi connectivity index (χ4v) is 4.69. The second-order valence-electron chi connectivity index (χ2n) is 9.93. The fraction of sp³-hybridized carbons (Fsp3) is 0.500. The summed E-state index contributed by atoms with van der Waals surface area (Å²) in [6, 6.07) is 15.1. The summed E-state index contributed by atoms with van der Waals surface area (Å²) in [6.07, 6.45) is 0.953. The second kappa shape index (κ2) is 9.35. The second-order valence-corrected chi connectivity index (χ2v) is 9.93. The maximum Gasteiger partial charge on any atom is 0.231 e. The van der Waals surface area contributed by atoms with Crippen molar-refractivity contribution in [3.63, 3.8) is 0 Å². The van der Waals surface area contributed by atoms with E-state index in [4.69, 9.17) is 9.47 Å². The number of ether oxygens (including phenoxy) is 2. The van der Waals surface area contributed by atoms with Gasteiger partial charge in [-0.25, -0.2) is 4.68 Å². The SMILES string of the molecule is CCC(C)(C)n1nnnc1[C@H](c1ccc(C)cc1)N1CCN(Cc2ccc3c(c2)OCO3)CC1. The lowest BCUT2D eigenvalue weighted by molar-refractivity contribution is 0.0972. The van der Waals surface area contributed by atoms with Gasteiger partial charge in [-0.1, -0.05) is 42.8 Å². The quantitative estimate of drug-likeness (QED) is 0.530. The zero-order valence-corrected chi connectivity index (χ0v) is 20.6. The van der Waals surface area contributed by atoms with Crippen LogP contribution in [0.5, 0.6) is 11.5 Å². The molecule has 0 aliphatic carbocycles. The van der Waals surface area contributed by atoms with Crippen LogP contribution in [0.4, 0.5) is 0 Å². The predicted molar refractivity (Wildman–Crippen MR) is 130 cm³/mol. The molecule has 2 aliphatic rings. The van der Waals surface area contributed by atoms with Crippen molar-refractivity contribution in [1.82, 2.24) is 30.0 Å². The largest absolute Gasteiger partial charge is 0.454 e. The van der Waals surface area contributed by atoms with Gasteiger partial charge < -0.3 is 9.47 Å². The van der Waals surface area contributed by atoms with Crippen molar-refractivity contribution < 1.29 is 9.47 Å². The minimum atomic E-state index is -0.150. The summed E-state index contributed by atoms with van der Waals surface area (Å²) in [5, 5.41) is 13.1. The van der Waals surface area contributed by atoms with Crippen molar-refractivity contribution in [3.8, 4) is 11.5 Å². The van der Waals surface area contributed by atoms with Crippen molar-refractivity contribution in [3.05, 3.63) is 65.0 Å². The molecule has 2 aliphatic heterocycles. The Hall–Kier alpha value is -2.97. The Bertz CT molecular complexity index is 1120. The van der Waals surface area contributed by atoms with Crippen LogP contribution in [0.1, 0.15) is 55.7 Å². The number of tetrazole rings is 1. The van der Waals surface area contributed by atoms with Gasteiger partial charge in [0.05, 0.1) is 11.6 Å². The van der Waals surface area contributed by atoms with Crippen LogP contribution in [0, 0.1) is 6.92 Å². The number of nitrogens with zero attached hydrogens (tertiary/aromatic N) is 6. The zero-order chi connectivity index (χ0) is 23.7. The maximum absolute atomic E-state index is 5.55. The van der Waals surface area contributed by atoms with Crippen molar-refractivity contribution in [2.75, 3.05) is 33.0 Å². The molecular formula is C26H34N6O2. The molecule has 0 spiro atoms. The molecule has 3 aromatic rings. The predicted octanol–water partition coefficient (Wildman–Crippen LogP) is 3.76. The summed E-state index contributed by atoms with van der Waals surface area (Å²) >= 11 is 0. The first-order chi connectivity index (χ1) is 16.4. The van der Waals surface area contributed by atoms with Gasteiger partial charge in [0.15, 0.2) is 17.3 Å². The number of fused-ring (bicyclic) bond motifs is 1. The Balaban J connectivity index is 1.35. The zero-order valence-electron chi connectivity index (χ0n) is 20.6. The Labute approximate surface area is 201 Å². The summed E-state index contributed by atoms with van der Waals surface area (Å²) in [6.45, 7) is 13.8. The van der Waals surface area contributed by atoms with Crippen molar-refractivity contribution in [2.24, 2.45) is 0 Å². The van der Waals surface area contributed by atoms with Crippen LogP contribution in [0.3, 0.4) is 0 Å². The van der Waals surface area contributed by atoms with Crippen molar-refractivity contribution in [2.45, 2.75) is 52.2 Å². The molecule has 1 atom stereocenters. The number of aromatic nitrogens is 4. The molecule has 0 saturated carbocycles. The van der Waals surface area contributed by atoms with Crippen LogP contribution in [-0.4, -0.2) is 63.0 Å². The third-order valence-electron chi connectivity index (χ3n) is 7.19. The maximum atomic E-state index is 5.55. The van der Waals surface area contributed by atoms with E-state index in [1.54, 1.807) is 0 Å². The molecule has 0 bridgehead atoms. The van der Waals surface area contributed by atoms with E-state index in [0.29, 0.717) is 6.79 Å². The molecule has 0 radical (unpaired) electrons. The number of rotatable bonds is 7. The van der Waals surface area contributed by atoms with E-state index in [1.165, 1.54) is 16.7 Å². The van der Waals surface area contributed by atoms with Gasteiger partial charge in [0.25, 0.3) is 0 Å². The van der Waals surface area contributed by atoms with Gasteiger partial charge in [0.1, 0.15) is 0 Å². The average Bonchev–Trinajstić information content (AvgIpc) is 3.51. The normalized spacial score (nSPS) is 17.8. The van der Waals surface area contributed by atoms with E-state index < -0.39 is 0 Å². The Kier molecular flexibility index (Phi) is 6.27. The molecule has 8 nitrogen and oxygen atoms in total. The van der Waals surface area contributed by atoms with Gasteiger partial charge >= 0.3 is 0 Å². The lowest BCUT2D eigenvalue weighted by Crippen LogP contribution is -2.48. The van der Waals surface area contributed by atoms with Crippen LogP contribution in [0.2, 0.25) is 0 Å². The summed E-state index contributed by atoms with van der Waals surface area (Å²) < 4.78 is 13.0. The van der Waals surface area contributed by atoms with Crippen molar-refractivity contribution >= 4 is 0 Å². The van der Waals surface area contributed by atoms with E-state index >= 15 is 0 Å². The van der Waals surface area contributed by atoms with E-state index in [1.807, 2.05) is 10.7 Å². The standard InChI is InChI=1S/C26H34N6O2/c1-5-26(3,4)32-25(27-28-29-32)24(21-9-6-19(2)7-10-21)31-14-12-30(13-15-31)17-20-8-11-22-23(16-20)34-18-33-22/h6-11,16,24H,5,12-15,17-18H2,1-4H3/t24-/m0/s1. The first-order valence-corrected chi connectivity index (χ1v) is 12.1. The summed E-state index contributed by atoms with van der Waals surface area (Å²) in [5.74, 6) is 2.60. The molecule has 8 heteroatoms. The lowest BCUT2D eigenvalue weighted by Gasteiger charge is -2.39. The van der Waals surface area contributed by atoms with E-state index in [-0.39, 0.29) is 11.6 Å². The molecule has 5 rings (SSSR count). The molecule has 0 unspecified atom stereocenters. The topological polar surface area (TPSA) is 68.5 Å². The molecule has 1 aromatic heterocycles. The van der Waals surface area contributed by atoms with Gasteiger partial charge in [-0.2, -0.15) is 0 Å². The van der Waals surface area contributed by atoms with Gasteiger partial charge in [-0.15, -0.1) is 5.10 Å². The van der Waals surface area contributed by atoms with E-state index in [0.717, 1.165) is 56.5 Å². The number of piperazine rings is 1. The molecule has 0 amide bonds. The first kappa shape index (κ1) is 22.8. The number of benzene rings is 2. The van der Waals surface area contributed by atoms with Crippen LogP contribution in [0.25, 0.3) is 0 Å². The monoisotopic (exact) mass is 462 g/mol. The lowest BCUT2D eigenvalue weighted by atomic mass is 9.98. The third-order valence-corrected chi connectivity index (χ3v) is 7.19. The minimum Gasteiger partial charge on any atom is -0.454 e. The number of hydrogen-bond donors (Lipinski definition) is 0. The molecule has 1 fully saturated rings. The summed E-state index contributed by atoms with van der Waals surface area (Å²) in [4.78, 5) is 5.02. The highest BCUT2D eigenvalue weighted by molar-refractivity contribution is 5.44. The molecule has 3 heterocycles. The molecule has 180 valence electrons. The highest BCUT2D eigenvalue weighted by atomic mass is 16.7. The molecule has 2 aromatic carbocycles. The van der Waals surface area contributed by atoms with E-state index in [2.05, 4.69) is 89.4 Å². The highest BCUT2D eigenvalue weighted by Crippen LogP contribution is 2.34. The van der Waals surface area contributed by atoms with E-state index in [9.17, 15) is 0 Å². The molecule has 34 heavy (non-hydrogen) atoms. The summed E-state index contributed by atoms with van der Waals surface area (Å²) in [5.41, 5.74) is 3.59. The van der Waals surface area contributed by atoms with Gasteiger partial charge in [0.2, 0.25) is 6.79 Å². The minimum absolute atomic E-state index is 0.0223. The Morgan fingerprint density at radius 2 is 1.71 bits per heavy atom. The van der Waals surface area contributed by atoms with Gasteiger partial charge in [-0.3, -0.25) is 9.80 Å². The number of aryl methyl sites for hydroxylation is 1.